The van der Waals surface area contributed by atoms with Crippen LogP contribution in [0, 0.1) is 6.92 Å². The van der Waals surface area contributed by atoms with Crippen LogP contribution in [0.1, 0.15) is 69.6 Å². The average molecular weight is 326 g/mol. The van der Waals surface area contributed by atoms with E-state index in [0.717, 1.165) is 28.1 Å². The number of aryl methyl sites for hydroxylation is 2. The number of hydrogen-bond acceptors (Lipinski definition) is 2. The number of phenols is 1. The molecule has 0 spiro atoms. The molecule has 0 amide bonds. The second-order valence-corrected chi connectivity index (χ2v) is 8.63. The maximum absolute atomic E-state index is 10.8. The lowest BCUT2D eigenvalue weighted by Gasteiger charge is -2.27. The molecule has 0 fully saturated rings. The fourth-order valence-electron chi connectivity index (χ4n) is 2.86. The molecule has 1 N–H and O–H groups in total. The van der Waals surface area contributed by atoms with E-state index in [1.54, 1.807) is 0 Å². The molecular weight excluding hydrogens is 296 g/mol. The van der Waals surface area contributed by atoms with Gasteiger partial charge >= 0.3 is 0 Å². The van der Waals surface area contributed by atoms with E-state index in [2.05, 4.69) is 77.0 Å². The van der Waals surface area contributed by atoms with E-state index < -0.39 is 0 Å². The third-order valence-electron chi connectivity index (χ3n) is 4.23. The van der Waals surface area contributed by atoms with Crippen LogP contribution in [-0.2, 0) is 17.9 Å². The van der Waals surface area contributed by atoms with Crippen LogP contribution in [0.3, 0.4) is 0 Å². The molecule has 0 saturated carbocycles. The molecule has 0 radical (unpaired) electrons. The summed E-state index contributed by atoms with van der Waals surface area (Å²) in [5.74, 6) is 0.420. The van der Waals surface area contributed by atoms with Gasteiger partial charge in [0.25, 0.3) is 0 Å². The normalized spacial score (nSPS) is 13.0. The Hall–Kier alpha value is -2.03. The van der Waals surface area contributed by atoms with Crippen molar-refractivity contribution in [3.63, 3.8) is 0 Å². The van der Waals surface area contributed by atoms with Crippen molar-refractivity contribution in [2.75, 3.05) is 0 Å². The predicted molar refractivity (Wildman–Crippen MR) is 102 cm³/mol. The van der Waals surface area contributed by atoms with Crippen molar-refractivity contribution in [2.45, 2.75) is 59.3 Å². The zero-order valence-corrected chi connectivity index (χ0v) is 16.2. The fourth-order valence-corrected chi connectivity index (χ4v) is 2.86. The second-order valence-electron chi connectivity index (χ2n) is 8.63. The summed E-state index contributed by atoms with van der Waals surface area (Å²) in [5, 5.41) is 15.2. The van der Waals surface area contributed by atoms with Gasteiger partial charge in [0, 0.05) is 18.2 Å². The van der Waals surface area contributed by atoms with Gasteiger partial charge in [-0.1, -0.05) is 47.6 Å². The van der Waals surface area contributed by atoms with Gasteiger partial charge in [-0.15, -0.1) is 0 Å². The second kappa shape index (κ2) is 6.12. The summed E-state index contributed by atoms with van der Waals surface area (Å²) < 4.78 is 1.88. The monoisotopic (exact) mass is 326 g/mol. The van der Waals surface area contributed by atoms with Crippen LogP contribution in [0.5, 0.6) is 5.75 Å². The van der Waals surface area contributed by atoms with Crippen LogP contribution < -0.4 is 0 Å². The minimum Gasteiger partial charge on any atom is -0.507 e. The van der Waals surface area contributed by atoms with Crippen LogP contribution in [0.2, 0.25) is 0 Å². The number of phenolic OH excluding ortho intramolecular Hbond substituents is 1. The van der Waals surface area contributed by atoms with Crippen molar-refractivity contribution in [2.24, 2.45) is 7.05 Å². The molecule has 2 aromatic rings. The SMILES string of the molecule is Cc1cc(/C=C/c2cc(C(C)(C)C)c(O)c(C(C)(C)C)c2)n(C)n1. The first-order valence-electron chi connectivity index (χ1n) is 8.46. The Morgan fingerprint density at radius 2 is 1.42 bits per heavy atom. The van der Waals surface area contributed by atoms with E-state index in [9.17, 15) is 5.11 Å². The van der Waals surface area contributed by atoms with Gasteiger partial charge in [0.2, 0.25) is 0 Å². The number of hydrogen-bond donors (Lipinski definition) is 1. The fraction of sp³-hybridized carbons (Fsp3) is 0.476. The molecule has 24 heavy (non-hydrogen) atoms. The summed E-state index contributed by atoms with van der Waals surface area (Å²) in [5.41, 5.74) is 4.91. The molecule has 3 nitrogen and oxygen atoms in total. The van der Waals surface area contributed by atoms with Crippen molar-refractivity contribution in [3.05, 3.63) is 46.3 Å². The summed E-state index contributed by atoms with van der Waals surface area (Å²) in [4.78, 5) is 0. The molecule has 3 heteroatoms. The van der Waals surface area contributed by atoms with E-state index in [4.69, 9.17) is 0 Å². The Labute approximate surface area is 146 Å². The Morgan fingerprint density at radius 1 is 0.917 bits per heavy atom. The van der Waals surface area contributed by atoms with E-state index in [1.165, 1.54) is 0 Å². The third-order valence-corrected chi connectivity index (χ3v) is 4.23. The smallest absolute Gasteiger partial charge is 0.123 e. The topological polar surface area (TPSA) is 38.0 Å². The lowest BCUT2D eigenvalue weighted by molar-refractivity contribution is 0.423. The lowest BCUT2D eigenvalue weighted by atomic mass is 9.78. The first-order chi connectivity index (χ1) is 10.9. The molecule has 1 aromatic carbocycles. The van der Waals surface area contributed by atoms with Gasteiger partial charge in [-0.25, -0.2) is 0 Å². The summed E-state index contributed by atoms with van der Waals surface area (Å²) in [6.45, 7) is 14.8. The number of aromatic nitrogens is 2. The van der Waals surface area contributed by atoms with Crippen LogP contribution in [0.15, 0.2) is 18.2 Å². The Balaban J connectivity index is 2.56. The van der Waals surface area contributed by atoms with Crippen LogP contribution in [0.4, 0.5) is 0 Å². The highest BCUT2D eigenvalue weighted by Crippen LogP contribution is 2.40. The number of nitrogens with zero attached hydrogens (tertiary/aromatic N) is 2. The van der Waals surface area contributed by atoms with Crippen LogP contribution in [-0.4, -0.2) is 14.9 Å². The van der Waals surface area contributed by atoms with Gasteiger partial charge in [-0.05, 0) is 47.6 Å². The molecule has 1 aromatic heterocycles. The summed E-state index contributed by atoms with van der Waals surface area (Å²) >= 11 is 0. The molecule has 0 unspecified atom stereocenters. The molecule has 130 valence electrons. The zero-order valence-electron chi connectivity index (χ0n) is 16.2. The third kappa shape index (κ3) is 3.89. The van der Waals surface area contributed by atoms with Crippen molar-refractivity contribution >= 4 is 12.2 Å². The van der Waals surface area contributed by atoms with Crippen molar-refractivity contribution in [3.8, 4) is 5.75 Å². The number of rotatable bonds is 2. The number of aromatic hydroxyl groups is 1. The van der Waals surface area contributed by atoms with E-state index in [-0.39, 0.29) is 10.8 Å². The molecule has 0 aliphatic carbocycles. The molecule has 0 aliphatic rings. The van der Waals surface area contributed by atoms with Crippen LogP contribution in [0.25, 0.3) is 12.2 Å². The highest BCUT2D eigenvalue weighted by molar-refractivity contribution is 5.70. The van der Waals surface area contributed by atoms with Gasteiger partial charge in [0.05, 0.1) is 11.4 Å². The van der Waals surface area contributed by atoms with Gasteiger partial charge < -0.3 is 5.11 Å². The first-order valence-corrected chi connectivity index (χ1v) is 8.46. The van der Waals surface area contributed by atoms with Gasteiger partial charge in [-0.2, -0.15) is 5.10 Å². The van der Waals surface area contributed by atoms with Crippen LogP contribution >= 0.6 is 0 Å². The maximum atomic E-state index is 10.8. The predicted octanol–water partition coefficient (Wildman–Crippen LogP) is 5.20. The quantitative estimate of drug-likeness (QED) is 0.823. The molecular formula is C21H30N2O. The van der Waals surface area contributed by atoms with Crippen molar-refractivity contribution in [1.29, 1.82) is 0 Å². The number of benzene rings is 1. The minimum absolute atomic E-state index is 0.114. The summed E-state index contributed by atoms with van der Waals surface area (Å²) in [6.07, 6.45) is 4.17. The Morgan fingerprint density at radius 3 is 1.79 bits per heavy atom. The standard InChI is InChI=1S/C21H30N2O/c1-14-11-16(23(8)22-14)10-9-15-12-17(20(2,3)4)19(24)18(13-15)21(5,6)7/h9-13,24H,1-8H3/b10-9+. The van der Waals surface area contributed by atoms with E-state index in [0.29, 0.717) is 5.75 Å². The van der Waals surface area contributed by atoms with E-state index in [1.807, 2.05) is 18.7 Å². The molecule has 0 atom stereocenters. The largest absolute Gasteiger partial charge is 0.507 e. The lowest BCUT2D eigenvalue weighted by Crippen LogP contribution is -2.17. The molecule has 0 bridgehead atoms. The highest BCUT2D eigenvalue weighted by atomic mass is 16.3. The highest BCUT2D eigenvalue weighted by Gasteiger charge is 2.26. The Kier molecular flexibility index (Phi) is 4.67. The first kappa shape index (κ1) is 18.3. The summed E-state index contributed by atoms with van der Waals surface area (Å²) in [6, 6.07) is 6.24. The van der Waals surface area contributed by atoms with E-state index >= 15 is 0 Å². The Bertz CT molecular complexity index is 733. The zero-order chi connectivity index (χ0) is 18.3. The maximum Gasteiger partial charge on any atom is 0.123 e. The summed E-state index contributed by atoms with van der Waals surface area (Å²) in [7, 11) is 1.95. The molecule has 0 aliphatic heterocycles. The molecule has 1 heterocycles. The van der Waals surface area contributed by atoms with Crippen molar-refractivity contribution < 1.29 is 5.11 Å². The molecule has 2 rings (SSSR count). The van der Waals surface area contributed by atoms with Gasteiger partial charge in [0.1, 0.15) is 5.75 Å². The molecule has 0 saturated heterocycles. The van der Waals surface area contributed by atoms with Gasteiger partial charge in [0.15, 0.2) is 0 Å². The average Bonchev–Trinajstić information content (AvgIpc) is 2.73. The minimum atomic E-state index is -0.114. The van der Waals surface area contributed by atoms with Crippen molar-refractivity contribution in [1.82, 2.24) is 9.78 Å². The van der Waals surface area contributed by atoms with Gasteiger partial charge in [-0.3, -0.25) is 4.68 Å².